The highest BCUT2D eigenvalue weighted by Crippen LogP contribution is 2.20. The third-order valence-electron chi connectivity index (χ3n) is 5.08. The maximum absolute atomic E-state index is 13.8. The first kappa shape index (κ1) is 24.5. The molecule has 0 unspecified atom stereocenters. The number of amides is 1. The minimum absolute atomic E-state index is 0.0115. The number of nitrogens with one attached hydrogen (secondary N) is 1. The number of halogens is 1. The van der Waals surface area contributed by atoms with Crippen LogP contribution >= 0.6 is 0 Å². The van der Waals surface area contributed by atoms with Crippen LogP contribution < -0.4 is 10.1 Å². The molecule has 0 aliphatic carbocycles. The fourth-order valence-electron chi connectivity index (χ4n) is 3.24. The van der Waals surface area contributed by atoms with Gasteiger partial charge in [0.25, 0.3) is 5.91 Å². The lowest BCUT2D eigenvalue weighted by atomic mass is 10.1. The average Bonchev–Trinajstić information content (AvgIpc) is 3.23. The van der Waals surface area contributed by atoms with Gasteiger partial charge < -0.3 is 14.5 Å². The largest absolute Gasteiger partial charge is 0.494 e. The number of hydrogen-bond donors (Lipinski definition) is 1. The van der Waals surface area contributed by atoms with Crippen molar-refractivity contribution in [3.05, 3.63) is 89.1 Å². The van der Waals surface area contributed by atoms with Crippen LogP contribution in [0.3, 0.4) is 0 Å². The third kappa shape index (κ3) is 7.18. The van der Waals surface area contributed by atoms with Crippen LogP contribution in [0.2, 0.25) is 0 Å². The highest BCUT2D eigenvalue weighted by atomic mass is 32.2. The molecule has 0 saturated heterocycles. The minimum Gasteiger partial charge on any atom is -0.494 e. The molecule has 3 aromatic rings. The number of carbonyl (C=O) groups excluding carboxylic acids is 1. The zero-order valence-corrected chi connectivity index (χ0v) is 19.5. The number of benzene rings is 2. The molecule has 0 saturated carbocycles. The molecule has 1 aromatic heterocycles. The molecular formula is C25H28FNO5S. The highest BCUT2D eigenvalue weighted by Gasteiger charge is 2.20. The van der Waals surface area contributed by atoms with Gasteiger partial charge in [0.05, 0.1) is 18.4 Å². The van der Waals surface area contributed by atoms with Crippen LogP contribution in [-0.4, -0.2) is 20.9 Å². The molecular weight excluding hydrogens is 445 g/mol. The summed E-state index contributed by atoms with van der Waals surface area (Å²) in [5.74, 6) is -0.993. The Morgan fingerprint density at radius 1 is 1.06 bits per heavy atom. The number of ether oxygens (including phenoxy) is 1. The average molecular weight is 474 g/mol. The summed E-state index contributed by atoms with van der Waals surface area (Å²) in [5.41, 5.74) is 0.989. The summed E-state index contributed by atoms with van der Waals surface area (Å²) in [4.78, 5) is 12.6. The third-order valence-corrected chi connectivity index (χ3v) is 6.55. The van der Waals surface area contributed by atoms with Crippen LogP contribution in [0.25, 0.3) is 0 Å². The minimum atomic E-state index is -3.68. The molecule has 8 heteroatoms. The summed E-state index contributed by atoms with van der Waals surface area (Å²) in [6.45, 7) is 4.61. The molecule has 0 fully saturated rings. The number of furan rings is 1. The Morgan fingerprint density at radius 3 is 2.48 bits per heavy atom. The molecule has 0 aliphatic rings. The van der Waals surface area contributed by atoms with E-state index in [-0.39, 0.29) is 23.1 Å². The lowest BCUT2D eigenvalue weighted by molar-refractivity contribution is 0.0910. The summed E-state index contributed by atoms with van der Waals surface area (Å²) in [6, 6.07) is 15.8. The van der Waals surface area contributed by atoms with Crippen molar-refractivity contribution in [2.45, 2.75) is 44.2 Å². The predicted octanol–water partition coefficient (Wildman–Crippen LogP) is 5.20. The summed E-state index contributed by atoms with van der Waals surface area (Å²) >= 11 is 0. The number of sulfone groups is 1. The fraction of sp³-hybridized carbons (Fsp3) is 0.320. The van der Waals surface area contributed by atoms with Crippen LogP contribution in [0.5, 0.6) is 5.75 Å². The van der Waals surface area contributed by atoms with Crippen LogP contribution in [0, 0.1) is 5.82 Å². The predicted molar refractivity (Wildman–Crippen MR) is 124 cm³/mol. The van der Waals surface area contributed by atoms with E-state index in [0.717, 1.165) is 24.2 Å². The standard InChI is InChI=1S/C25H28FNO5S/c1-3-4-15-31-21-11-9-19(10-12-21)18(2)27-25(28)24-14-13-22(32-24)17-33(29,30)16-20-7-5-6-8-23(20)26/h5-14,18H,3-4,15-17H2,1-2H3,(H,27,28)/t18-/m1/s1. The van der Waals surface area contributed by atoms with Gasteiger partial charge in [0.1, 0.15) is 23.1 Å². The maximum atomic E-state index is 13.8. The summed E-state index contributed by atoms with van der Waals surface area (Å²) in [7, 11) is -3.68. The first-order valence-corrected chi connectivity index (χ1v) is 12.7. The van der Waals surface area contributed by atoms with Gasteiger partial charge in [-0.1, -0.05) is 43.7 Å². The first-order chi connectivity index (χ1) is 15.8. The molecule has 1 N–H and O–H groups in total. The Kier molecular flexibility index (Phi) is 8.27. The second-order valence-corrected chi connectivity index (χ2v) is 9.92. The van der Waals surface area contributed by atoms with Crippen molar-refractivity contribution in [2.75, 3.05) is 6.61 Å². The van der Waals surface area contributed by atoms with E-state index in [0.29, 0.717) is 6.61 Å². The molecule has 0 radical (unpaired) electrons. The lowest BCUT2D eigenvalue weighted by Gasteiger charge is -2.14. The highest BCUT2D eigenvalue weighted by molar-refractivity contribution is 7.89. The van der Waals surface area contributed by atoms with Crippen molar-refractivity contribution in [3.63, 3.8) is 0 Å². The van der Waals surface area contributed by atoms with Crippen molar-refractivity contribution in [2.24, 2.45) is 0 Å². The summed E-state index contributed by atoms with van der Waals surface area (Å²) in [5, 5.41) is 2.84. The van der Waals surface area contributed by atoms with Gasteiger partial charge >= 0.3 is 0 Å². The maximum Gasteiger partial charge on any atom is 0.287 e. The Hall–Kier alpha value is -3.13. The van der Waals surface area contributed by atoms with Gasteiger partial charge in [0.15, 0.2) is 15.6 Å². The molecule has 33 heavy (non-hydrogen) atoms. The number of unbranched alkanes of at least 4 members (excludes halogenated alkanes) is 1. The molecule has 0 aliphatic heterocycles. The molecule has 2 aromatic carbocycles. The van der Waals surface area contributed by atoms with Gasteiger partial charge in [-0.15, -0.1) is 0 Å². The van der Waals surface area contributed by atoms with Crippen LogP contribution in [0.15, 0.2) is 65.1 Å². The second-order valence-electron chi connectivity index (χ2n) is 7.86. The van der Waals surface area contributed by atoms with Gasteiger partial charge in [-0.2, -0.15) is 0 Å². The first-order valence-electron chi connectivity index (χ1n) is 10.8. The number of rotatable bonds is 11. The van der Waals surface area contributed by atoms with Crippen molar-refractivity contribution in [3.8, 4) is 5.75 Å². The van der Waals surface area contributed by atoms with E-state index in [2.05, 4.69) is 12.2 Å². The van der Waals surface area contributed by atoms with Crippen LogP contribution in [0.4, 0.5) is 4.39 Å². The number of carbonyl (C=O) groups is 1. The van der Waals surface area contributed by atoms with Gasteiger partial charge in [-0.25, -0.2) is 12.8 Å². The Bertz CT molecular complexity index is 1170. The summed E-state index contributed by atoms with van der Waals surface area (Å²) in [6.07, 6.45) is 2.05. The SMILES string of the molecule is CCCCOc1ccc([C@@H](C)NC(=O)c2ccc(CS(=O)(=O)Cc3ccccc3F)o2)cc1. The van der Waals surface area contributed by atoms with E-state index in [4.69, 9.17) is 9.15 Å². The van der Waals surface area contributed by atoms with Gasteiger partial charge in [0, 0.05) is 5.56 Å². The van der Waals surface area contributed by atoms with E-state index >= 15 is 0 Å². The molecule has 1 atom stereocenters. The van der Waals surface area contributed by atoms with E-state index in [1.165, 1.54) is 30.3 Å². The normalized spacial score (nSPS) is 12.3. The van der Waals surface area contributed by atoms with Crippen molar-refractivity contribution in [1.82, 2.24) is 5.32 Å². The Balaban J connectivity index is 1.57. The van der Waals surface area contributed by atoms with Crippen LogP contribution in [-0.2, 0) is 21.3 Å². The van der Waals surface area contributed by atoms with E-state index < -0.39 is 33.1 Å². The van der Waals surface area contributed by atoms with Gasteiger partial charge in [0.2, 0.25) is 0 Å². The van der Waals surface area contributed by atoms with Gasteiger partial charge in [-0.05, 0) is 49.2 Å². The molecule has 0 bridgehead atoms. The van der Waals surface area contributed by atoms with Gasteiger partial charge in [-0.3, -0.25) is 4.79 Å². The van der Waals surface area contributed by atoms with Crippen molar-refractivity contribution >= 4 is 15.7 Å². The molecule has 1 amide bonds. The van der Waals surface area contributed by atoms with Crippen molar-refractivity contribution in [1.29, 1.82) is 0 Å². The molecule has 0 spiro atoms. The van der Waals surface area contributed by atoms with E-state index in [1.807, 2.05) is 31.2 Å². The van der Waals surface area contributed by atoms with E-state index in [9.17, 15) is 17.6 Å². The molecule has 6 nitrogen and oxygen atoms in total. The quantitative estimate of drug-likeness (QED) is 0.387. The topological polar surface area (TPSA) is 85.6 Å². The monoisotopic (exact) mass is 473 g/mol. The van der Waals surface area contributed by atoms with Crippen LogP contribution in [0.1, 0.15) is 60.2 Å². The second kappa shape index (κ2) is 11.1. The Morgan fingerprint density at radius 2 is 1.79 bits per heavy atom. The Labute approximate surface area is 193 Å². The fourth-order valence-corrected chi connectivity index (χ4v) is 4.63. The van der Waals surface area contributed by atoms with Crippen molar-refractivity contribution < 1.29 is 26.8 Å². The molecule has 3 rings (SSSR count). The smallest absolute Gasteiger partial charge is 0.287 e. The molecule has 176 valence electrons. The zero-order valence-electron chi connectivity index (χ0n) is 18.7. The van der Waals surface area contributed by atoms with E-state index in [1.54, 1.807) is 6.07 Å². The lowest BCUT2D eigenvalue weighted by Crippen LogP contribution is -2.26. The summed E-state index contributed by atoms with van der Waals surface area (Å²) < 4.78 is 49.7. The number of hydrogen-bond acceptors (Lipinski definition) is 5. The molecule has 1 heterocycles. The zero-order chi connectivity index (χ0) is 23.8.